The molecule has 4 amide bonds. The number of thiol groups is 1. The zero-order valence-corrected chi connectivity index (χ0v) is 17.2. The van der Waals surface area contributed by atoms with Crippen molar-refractivity contribution in [3.8, 4) is 0 Å². The number of carboxylic acids is 2. The monoisotopic (exact) mass is 449 g/mol. The number of aliphatic carboxylic acids is 2. The van der Waals surface area contributed by atoms with Gasteiger partial charge in [-0.1, -0.05) is 0 Å². The molecule has 4 unspecified atom stereocenters. The fourth-order valence-corrected chi connectivity index (χ4v) is 2.35. The minimum atomic E-state index is -1.33. The second-order valence-electron chi connectivity index (χ2n) is 6.42. The Morgan fingerprint density at radius 3 is 1.90 bits per heavy atom. The highest BCUT2D eigenvalue weighted by Gasteiger charge is 2.28. The summed E-state index contributed by atoms with van der Waals surface area (Å²) in [4.78, 5) is 69.2. The number of primary amides is 1. The predicted octanol–water partition coefficient (Wildman–Crippen LogP) is -3.07. The molecule has 0 radical (unpaired) electrons. The van der Waals surface area contributed by atoms with Crippen molar-refractivity contribution in [3.63, 3.8) is 0 Å². The first kappa shape index (κ1) is 27.1. The van der Waals surface area contributed by atoms with Crippen molar-refractivity contribution in [1.82, 2.24) is 16.0 Å². The minimum absolute atomic E-state index is 0.0758. The first-order chi connectivity index (χ1) is 13.9. The van der Waals surface area contributed by atoms with Gasteiger partial charge in [0.15, 0.2) is 0 Å². The normalized spacial score (nSPS) is 14.5. The van der Waals surface area contributed by atoms with Gasteiger partial charge < -0.3 is 37.6 Å². The summed E-state index contributed by atoms with van der Waals surface area (Å²) >= 11 is 3.81. The Labute approximate surface area is 177 Å². The van der Waals surface area contributed by atoms with Gasteiger partial charge in [0.05, 0.1) is 6.04 Å². The van der Waals surface area contributed by atoms with E-state index >= 15 is 0 Å². The molecule has 0 aromatic carbocycles. The maximum absolute atomic E-state index is 12.4. The second kappa shape index (κ2) is 13.4. The van der Waals surface area contributed by atoms with Crippen LogP contribution in [-0.2, 0) is 28.8 Å². The maximum atomic E-state index is 12.4. The quantitative estimate of drug-likeness (QED) is 0.126. The first-order valence-electron chi connectivity index (χ1n) is 8.89. The highest BCUT2D eigenvalue weighted by molar-refractivity contribution is 7.80. The molecule has 0 aromatic heterocycles. The lowest BCUT2D eigenvalue weighted by molar-refractivity contribution is -0.141. The lowest BCUT2D eigenvalue weighted by atomic mass is 10.1. The molecular weight excluding hydrogens is 422 g/mol. The third kappa shape index (κ3) is 10.6. The summed E-state index contributed by atoms with van der Waals surface area (Å²) in [5.41, 5.74) is 10.6. The molecule has 0 aromatic rings. The van der Waals surface area contributed by atoms with Crippen molar-refractivity contribution in [3.05, 3.63) is 0 Å². The summed E-state index contributed by atoms with van der Waals surface area (Å²) in [5, 5.41) is 24.5. The van der Waals surface area contributed by atoms with Crippen LogP contribution < -0.4 is 27.4 Å². The zero-order chi connectivity index (χ0) is 23.4. The second-order valence-corrected chi connectivity index (χ2v) is 6.78. The van der Waals surface area contributed by atoms with Gasteiger partial charge in [-0.25, -0.2) is 4.79 Å². The topological polar surface area (TPSA) is 231 Å². The summed E-state index contributed by atoms with van der Waals surface area (Å²) in [5.74, 6) is -5.86. The first-order valence-corrected chi connectivity index (χ1v) is 9.52. The molecule has 9 N–H and O–H groups in total. The lowest BCUT2D eigenvalue weighted by Crippen LogP contribution is -2.56. The Morgan fingerprint density at radius 2 is 1.43 bits per heavy atom. The fraction of sp³-hybridized carbons (Fsp3) is 0.625. The van der Waals surface area contributed by atoms with Gasteiger partial charge in [0.2, 0.25) is 23.6 Å². The summed E-state index contributed by atoms with van der Waals surface area (Å²) in [6, 6.07) is -4.95. The molecule has 30 heavy (non-hydrogen) atoms. The van der Waals surface area contributed by atoms with E-state index in [1.165, 1.54) is 6.92 Å². The van der Waals surface area contributed by atoms with Crippen LogP contribution in [0, 0.1) is 0 Å². The van der Waals surface area contributed by atoms with Crippen molar-refractivity contribution < 1.29 is 39.0 Å². The minimum Gasteiger partial charge on any atom is -0.481 e. The average Bonchev–Trinajstić information content (AvgIpc) is 2.65. The molecule has 0 saturated carbocycles. The van der Waals surface area contributed by atoms with Gasteiger partial charge in [0, 0.05) is 18.6 Å². The summed E-state index contributed by atoms with van der Waals surface area (Å²) in [6.45, 7) is 1.28. The summed E-state index contributed by atoms with van der Waals surface area (Å²) in [7, 11) is 0. The van der Waals surface area contributed by atoms with Crippen molar-refractivity contribution in [2.75, 3.05) is 5.75 Å². The molecule has 0 bridgehead atoms. The number of carboxylic acid groups (broad SMARTS) is 2. The van der Waals surface area contributed by atoms with E-state index in [4.69, 9.17) is 21.7 Å². The molecule has 0 aliphatic rings. The van der Waals surface area contributed by atoms with Gasteiger partial charge >= 0.3 is 11.9 Å². The summed E-state index contributed by atoms with van der Waals surface area (Å²) < 4.78 is 0. The fourth-order valence-electron chi connectivity index (χ4n) is 2.11. The molecule has 14 heteroatoms. The Morgan fingerprint density at radius 1 is 0.867 bits per heavy atom. The van der Waals surface area contributed by atoms with E-state index in [-0.39, 0.29) is 25.0 Å². The average molecular weight is 449 g/mol. The van der Waals surface area contributed by atoms with E-state index < -0.39 is 66.2 Å². The largest absolute Gasteiger partial charge is 0.481 e. The van der Waals surface area contributed by atoms with Gasteiger partial charge in [-0.15, -0.1) is 0 Å². The molecule has 0 saturated heterocycles. The van der Waals surface area contributed by atoms with E-state index in [2.05, 4.69) is 28.6 Å². The Balaban J connectivity index is 5.05. The van der Waals surface area contributed by atoms with Crippen molar-refractivity contribution in [2.45, 2.75) is 56.8 Å². The molecule has 0 rings (SSSR count). The van der Waals surface area contributed by atoms with Crippen LogP contribution in [0.4, 0.5) is 0 Å². The number of hydrogen-bond acceptors (Lipinski definition) is 8. The Hall–Kier alpha value is -2.87. The number of amides is 4. The number of nitrogens with one attached hydrogen (secondary N) is 3. The molecule has 0 heterocycles. The van der Waals surface area contributed by atoms with Crippen LogP contribution in [-0.4, -0.2) is 75.7 Å². The van der Waals surface area contributed by atoms with Gasteiger partial charge in [-0.2, -0.15) is 12.6 Å². The Kier molecular flexibility index (Phi) is 12.1. The molecule has 0 fully saturated rings. The maximum Gasteiger partial charge on any atom is 0.327 e. The van der Waals surface area contributed by atoms with Gasteiger partial charge in [-0.05, 0) is 19.8 Å². The van der Waals surface area contributed by atoms with E-state index in [0.717, 1.165) is 0 Å². The highest BCUT2D eigenvalue weighted by atomic mass is 32.1. The van der Waals surface area contributed by atoms with E-state index in [0.29, 0.717) is 0 Å². The third-order valence-electron chi connectivity index (χ3n) is 3.87. The molecule has 13 nitrogen and oxygen atoms in total. The number of carbonyl (C=O) groups excluding carboxylic acids is 4. The third-order valence-corrected chi connectivity index (χ3v) is 4.23. The number of nitrogens with two attached hydrogens (primary N) is 2. The Bertz CT molecular complexity index is 674. The van der Waals surface area contributed by atoms with Gasteiger partial charge in [-0.3, -0.25) is 24.0 Å². The van der Waals surface area contributed by atoms with Crippen LogP contribution in [0.1, 0.15) is 32.6 Å². The number of hydrogen-bond donors (Lipinski definition) is 8. The molecule has 0 spiro atoms. The van der Waals surface area contributed by atoms with Crippen LogP contribution in [0.3, 0.4) is 0 Å². The molecular formula is C16H27N5O8S. The lowest BCUT2D eigenvalue weighted by Gasteiger charge is -2.23. The van der Waals surface area contributed by atoms with Crippen LogP contribution in [0.15, 0.2) is 0 Å². The smallest absolute Gasteiger partial charge is 0.327 e. The number of carbonyl (C=O) groups is 6. The summed E-state index contributed by atoms with van der Waals surface area (Å²) in [6.07, 6.45) is -0.990. The SMILES string of the molecule is CC(NC(=O)C(CCC(=O)O)NC(=O)C(N)CCC(N)=O)C(=O)NC(CS)C(=O)O. The highest BCUT2D eigenvalue weighted by Crippen LogP contribution is 2.02. The van der Waals surface area contributed by atoms with Crippen LogP contribution in [0.5, 0.6) is 0 Å². The van der Waals surface area contributed by atoms with Crippen molar-refractivity contribution >= 4 is 48.2 Å². The van der Waals surface area contributed by atoms with Gasteiger partial charge in [0.25, 0.3) is 0 Å². The van der Waals surface area contributed by atoms with Crippen LogP contribution in [0.25, 0.3) is 0 Å². The standard InChI is InChI=1S/C16H27N5O8S/c1-7(13(25)21-10(6-30)16(28)29)19-15(27)9(3-5-12(23)24)20-14(26)8(17)2-4-11(18)22/h7-10,30H,2-6,17H2,1H3,(H2,18,22)(H,19,27)(H,20,26)(H,21,25)(H,23,24)(H,28,29). The predicted molar refractivity (Wildman–Crippen MR) is 106 cm³/mol. The van der Waals surface area contributed by atoms with Crippen LogP contribution >= 0.6 is 12.6 Å². The van der Waals surface area contributed by atoms with E-state index in [9.17, 15) is 28.8 Å². The molecule has 170 valence electrons. The van der Waals surface area contributed by atoms with E-state index in [1.54, 1.807) is 0 Å². The number of rotatable bonds is 14. The molecule has 4 atom stereocenters. The van der Waals surface area contributed by atoms with Crippen molar-refractivity contribution in [1.29, 1.82) is 0 Å². The van der Waals surface area contributed by atoms with E-state index in [1.807, 2.05) is 0 Å². The molecule has 0 aliphatic heterocycles. The van der Waals surface area contributed by atoms with Crippen molar-refractivity contribution in [2.24, 2.45) is 11.5 Å². The molecule has 0 aliphatic carbocycles. The zero-order valence-electron chi connectivity index (χ0n) is 16.3. The van der Waals surface area contributed by atoms with Crippen LogP contribution in [0.2, 0.25) is 0 Å². The van der Waals surface area contributed by atoms with Gasteiger partial charge in [0.1, 0.15) is 18.1 Å².